The topological polar surface area (TPSA) is 30.7 Å². The van der Waals surface area contributed by atoms with Gasteiger partial charge in [-0.1, -0.05) is 168 Å². The predicted octanol–water partition coefficient (Wildman–Crippen LogP) is 15.3. The molecule has 5 heteroatoms. The molecule has 0 aliphatic heterocycles. The van der Waals surface area contributed by atoms with Crippen LogP contribution >= 0.6 is 11.3 Å². The van der Waals surface area contributed by atoms with Gasteiger partial charge >= 0.3 is 0 Å². The third-order valence-electron chi connectivity index (χ3n) is 10.9. The maximum Gasteiger partial charge on any atom is 0.0774 e. The molecule has 3 heterocycles. The van der Waals surface area contributed by atoms with Gasteiger partial charge in [0.25, 0.3) is 0 Å². The number of pyridine rings is 1. The minimum absolute atomic E-state index is 0. The van der Waals surface area contributed by atoms with Gasteiger partial charge in [0.2, 0.25) is 0 Å². The summed E-state index contributed by atoms with van der Waals surface area (Å²) in [5.41, 5.74) is 14.0. The quantitative estimate of drug-likeness (QED) is 0.155. The number of rotatable bonds is 6. The maximum absolute atomic E-state index is 7.28. The first-order valence-electron chi connectivity index (χ1n) is 23.1. The molecule has 11 rings (SSSR count). The van der Waals surface area contributed by atoms with Crippen molar-refractivity contribution in [3.63, 3.8) is 0 Å². The minimum atomic E-state index is -2.18. The van der Waals surface area contributed by atoms with Crippen LogP contribution in [-0.4, -0.2) is 14.5 Å². The first kappa shape index (κ1) is 33.9. The molecule has 8 aromatic carbocycles. The molecule has 1 radical (unpaired) electrons. The number of hydrogen-bond acceptors (Lipinski definition) is 3. The summed E-state index contributed by atoms with van der Waals surface area (Å²) in [6, 6.07) is 66.9. The number of aromatic nitrogens is 3. The van der Waals surface area contributed by atoms with Gasteiger partial charge in [-0.05, 0) is 87.9 Å². The van der Waals surface area contributed by atoms with Gasteiger partial charge in [-0.15, -0.1) is 40.8 Å². The molecule has 11 aromatic rings. The smallest absolute Gasteiger partial charge is 0.0774 e. The molecular formula is C57H41IrN3S-2. The maximum atomic E-state index is 7.28. The van der Waals surface area contributed by atoms with Crippen molar-refractivity contribution in [3.8, 4) is 61.7 Å². The molecular weight excluding hydrogens is 951 g/mol. The fourth-order valence-electron chi connectivity index (χ4n) is 8.04. The number of nitrogens with zero attached hydrogens (tertiary/aromatic N) is 3. The number of imidazole rings is 1. The van der Waals surface area contributed by atoms with E-state index in [-0.39, 0.29) is 31.2 Å². The zero-order valence-corrected chi connectivity index (χ0v) is 36.8. The van der Waals surface area contributed by atoms with Crippen LogP contribution in [0.15, 0.2) is 194 Å². The van der Waals surface area contributed by atoms with Gasteiger partial charge in [0.1, 0.15) is 0 Å². The molecule has 62 heavy (non-hydrogen) atoms. The van der Waals surface area contributed by atoms with Crippen molar-refractivity contribution >= 4 is 43.2 Å². The molecule has 0 amide bonds. The Kier molecular flexibility index (Phi) is 9.67. The van der Waals surface area contributed by atoms with E-state index < -0.39 is 13.7 Å². The van der Waals surface area contributed by atoms with Gasteiger partial charge in [0, 0.05) is 45.7 Å². The molecule has 0 bridgehead atoms. The Hall–Kier alpha value is -6.75. The number of para-hydroxylation sites is 2. The summed E-state index contributed by atoms with van der Waals surface area (Å²) >= 11 is 1.66. The summed E-state index contributed by atoms with van der Waals surface area (Å²) in [4.78, 5) is 9.44. The Bertz CT molecular complexity index is 3430. The minimum Gasteiger partial charge on any atom is -0.332 e. The van der Waals surface area contributed by atoms with E-state index in [4.69, 9.17) is 13.2 Å². The van der Waals surface area contributed by atoms with Crippen molar-refractivity contribution in [1.82, 2.24) is 14.5 Å². The summed E-state index contributed by atoms with van der Waals surface area (Å²) in [6.45, 7) is -2.15. The number of aryl methyl sites for hydroxylation is 3. The second-order valence-corrected chi connectivity index (χ2v) is 15.8. The second-order valence-electron chi connectivity index (χ2n) is 14.9. The van der Waals surface area contributed by atoms with Crippen molar-refractivity contribution in [2.75, 3.05) is 0 Å². The van der Waals surface area contributed by atoms with E-state index in [1.54, 1.807) is 23.5 Å². The summed E-state index contributed by atoms with van der Waals surface area (Å²) in [5, 5.41) is 7.36. The summed E-state index contributed by atoms with van der Waals surface area (Å²) < 4.78 is 47.2. The van der Waals surface area contributed by atoms with Crippen LogP contribution in [-0.2, 0) is 20.1 Å². The molecule has 301 valence electrons. The third-order valence-corrected chi connectivity index (χ3v) is 11.8. The van der Waals surface area contributed by atoms with E-state index in [9.17, 15) is 0 Å². The van der Waals surface area contributed by atoms with Crippen molar-refractivity contribution < 1.29 is 28.3 Å². The van der Waals surface area contributed by atoms with Gasteiger partial charge < -0.3 is 9.55 Å². The molecule has 0 N–H and O–H groups in total. The molecule has 0 fully saturated rings. The average Bonchev–Trinajstić information content (AvgIpc) is 3.95. The van der Waals surface area contributed by atoms with Crippen molar-refractivity contribution in [3.05, 3.63) is 222 Å². The van der Waals surface area contributed by atoms with Gasteiger partial charge in [0.15, 0.2) is 0 Å². The van der Waals surface area contributed by atoms with E-state index in [0.717, 1.165) is 33.5 Å². The fourth-order valence-corrected chi connectivity index (χ4v) is 8.86. The second kappa shape index (κ2) is 17.7. The van der Waals surface area contributed by atoms with E-state index >= 15 is 0 Å². The van der Waals surface area contributed by atoms with Crippen LogP contribution in [0.1, 0.15) is 24.9 Å². The summed E-state index contributed by atoms with van der Waals surface area (Å²) in [6.07, 6.45) is 1.30. The number of benzene rings is 8. The van der Waals surface area contributed by atoms with Crippen LogP contribution in [0.5, 0.6) is 0 Å². The Balaban J connectivity index is 0.000000232. The van der Waals surface area contributed by atoms with Crippen molar-refractivity contribution in [2.45, 2.75) is 20.6 Å². The van der Waals surface area contributed by atoms with Crippen LogP contribution in [0.3, 0.4) is 0 Å². The third kappa shape index (κ3) is 7.95. The van der Waals surface area contributed by atoms with Crippen LogP contribution in [0, 0.1) is 32.1 Å². The predicted molar refractivity (Wildman–Crippen MR) is 257 cm³/mol. The Morgan fingerprint density at radius 1 is 0.581 bits per heavy atom. The normalized spacial score (nSPS) is 12.9. The first-order chi connectivity index (χ1) is 32.4. The molecule has 0 aliphatic rings. The molecule has 0 spiro atoms. The monoisotopic (exact) mass is 998 g/mol. The van der Waals surface area contributed by atoms with Gasteiger partial charge in [-0.3, -0.25) is 16.3 Å². The molecule has 0 saturated carbocycles. The Labute approximate surface area is 388 Å². The fraction of sp³-hybridized carbons (Fsp3) is 0.0526. The Morgan fingerprint density at radius 2 is 1.27 bits per heavy atom. The van der Waals surface area contributed by atoms with Crippen LogP contribution < -0.4 is 0 Å². The van der Waals surface area contributed by atoms with Crippen LogP contribution in [0.25, 0.3) is 93.6 Å². The van der Waals surface area contributed by atoms with Crippen LogP contribution in [0.2, 0.25) is 0 Å². The number of thiophene rings is 1. The first-order valence-corrected chi connectivity index (χ1v) is 20.9. The molecule has 3 aromatic heterocycles. The van der Waals surface area contributed by atoms with E-state index in [0.29, 0.717) is 11.3 Å². The van der Waals surface area contributed by atoms with Crippen molar-refractivity contribution in [1.29, 1.82) is 0 Å². The zero-order chi connectivity index (χ0) is 46.3. The molecule has 0 unspecified atom stereocenters. The molecule has 0 saturated heterocycles. The number of hydrogen-bond donors (Lipinski definition) is 0. The molecule has 0 aliphatic carbocycles. The standard InChI is InChI=1S/C44H29N2S.C13H12N.Ir/c1-29-25-36(31-13-4-2-5-14-31)43(37(26-29)32-15-6-3-7-16-32)46-41-22-11-10-21-40(41)45-44(46)39-28-47-42-24-23-33(27-38(39)42)35-20-12-18-30-17-8-9-19-34(30)35;1-10-3-6-12(7-4-10)13-8-5-11(2)9-14-13;/h2-27H,1H3;3-6,8-9H,1-2H3;/q2*-1;/i;1D3,2D3;. The summed E-state index contributed by atoms with van der Waals surface area (Å²) in [7, 11) is 0. The summed E-state index contributed by atoms with van der Waals surface area (Å²) in [5.74, 6) is 0.894. The largest absolute Gasteiger partial charge is 0.332 e. The zero-order valence-electron chi connectivity index (χ0n) is 39.6. The van der Waals surface area contributed by atoms with Gasteiger partial charge in [-0.25, -0.2) is 0 Å². The molecule has 0 atom stereocenters. The van der Waals surface area contributed by atoms with E-state index in [1.807, 2.05) is 0 Å². The number of fused-ring (bicyclic) bond motifs is 3. The SMILES string of the molecule is Cc1cc(-c2ccccc2)c(-n2c(-c3[c-]sc4ccc(-c5cccc6ccccc56)cc34)nc3ccccc32)c(-c2ccccc2)c1.[2H]C([2H])([2H])c1c[c-]c(-c2ccc(C([2H])([2H])[2H])cn2)cc1.[Ir]. The van der Waals surface area contributed by atoms with E-state index in [1.165, 1.54) is 78.8 Å². The van der Waals surface area contributed by atoms with Gasteiger partial charge in [-0.2, -0.15) is 0 Å². The van der Waals surface area contributed by atoms with Crippen LogP contribution in [0.4, 0.5) is 0 Å². The Morgan fingerprint density at radius 3 is 1.98 bits per heavy atom. The van der Waals surface area contributed by atoms with Crippen molar-refractivity contribution in [2.24, 2.45) is 0 Å². The van der Waals surface area contributed by atoms with Gasteiger partial charge in [0.05, 0.1) is 22.5 Å². The average molecular weight is 998 g/mol. The van der Waals surface area contributed by atoms with E-state index in [2.05, 4.69) is 186 Å². The molecule has 3 nitrogen and oxygen atoms in total.